The number of aliphatic hydroxyl groups is 1. The van der Waals surface area contributed by atoms with Gasteiger partial charge in [-0.15, -0.1) is 0 Å². The van der Waals surface area contributed by atoms with Crippen LogP contribution in [-0.4, -0.2) is 48.7 Å². The first-order valence-corrected chi connectivity index (χ1v) is 4.64. The second kappa shape index (κ2) is 3.70. The van der Waals surface area contributed by atoms with E-state index in [4.69, 9.17) is 4.74 Å². The Morgan fingerprint density at radius 1 is 1.33 bits per heavy atom. The van der Waals surface area contributed by atoms with Crippen LogP contribution in [0.5, 0.6) is 0 Å². The van der Waals surface area contributed by atoms with Gasteiger partial charge in [0.05, 0.1) is 6.61 Å². The van der Waals surface area contributed by atoms with Crippen molar-refractivity contribution in [3.05, 3.63) is 0 Å². The first-order valence-electron chi connectivity index (χ1n) is 4.64. The molecule has 0 aromatic heterocycles. The van der Waals surface area contributed by atoms with Gasteiger partial charge < -0.3 is 15.2 Å². The molecule has 0 saturated carbocycles. The minimum absolute atomic E-state index is 0.517. The van der Waals surface area contributed by atoms with Crippen LogP contribution in [-0.2, 0) is 4.74 Å². The molecular weight excluding hydrogens is 156 g/mol. The summed E-state index contributed by atoms with van der Waals surface area (Å²) in [5.41, 5.74) is 0. The molecule has 2 saturated heterocycles. The molecule has 1 atom stereocenters. The van der Waals surface area contributed by atoms with Crippen molar-refractivity contribution in [2.75, 3.05) is 26.2 Å². The molecule has 0 aromatic carbocycles. The molecule has 70 valence electrons. The first-order chi connectivity index (χ1) is 5.88. The highest BCUT2D eigenvalue weighted by Gasteiger charge is 2.30. The third-order valence-electron chi connectivity index (χ3n) is 2.68. The van der Waals surface area contributed by atoms with Gasteiger partial charge in [-0.2, -0.15) is 0 Å². The number of rotatable bonds is 1. The number of aliphatic hydroxyl groups excluding tert-OH is 1. The molecule has 2 aliphatic rings. The molecule has 0 aromatic rings. The third-order valence-corrected chi connectivity index (χ3v) is 2.68. The van der Waals surface area contributed by atoms with Gasteiger partial charge in [-0.05, 0) is 25.9 Å². The molecule has 0 bridgehead atoms. The van der Waals surface area contributed by atoms with E-state index in [-0.39, 0.29) is 0 Å². The summed E-state index contributed by atoms with van der Waals surface area (Å²) in [5, 5.41) is 12.7. The zero-order valence-corrected chi connectivity index (χ0v) is 7.20. The SMILES string of the molecule is OC1OCCN1C1CCNCC1. The van der Waals surface area contributed by atoms with Gasteiger partial charge >= 0.3 is 0 Å². The molecule has 2 aliphatic heterocycles. The summed E-state index contributed by atoms with van der Waals surface area (Å²) in [5.74, 6) is 0. The highest BCUT2D eigenvalue weighted by Crippen LogP contribution is 2.17. The summed E-state index contributed by atoms with van der Waals surface area (Å²) in [6.07, 6.45) is 1.61. The monoisotopic (exact) mass is 172 g/mol. The zero-order valence-electron chi connectivity index (χ0n) is 7.20. The van der Waals surface area contributed by atoms with E-state index in [0.717, 1.165) is 32.5 Å². The van der Waals surface area contributed by atoms with Gasteiger partial charge in [0, 0.05) is 12.6 Å². The second-order valence-corrected chi connectivity index (χ2v) is 3.42. The Bertz CT molecular complexity index is 148. The molecule has 4 heteroatoms. The predicted molar refractivity (Wildman–Crippen MR) is 44.6 cm³/mol. The molecule has 0 radical (unpaired) electrons. The molecule has 2 fully saturated rings. The fourth-order valence-corrected chi connectivity index (χ4v) is 1.97. The van der Waals surface area contributed by atoms with Crippen LogP contribution in [0.1, 0.15) is 12.8 Å². The van der Waals surface area contributed by atoms with Crippen LogP contribution in [0.25, 0.3) is 0 Å². The number of nitrogens with one attached hydrogen (secondary N) is 1. The third kappa shape index (κ3) is 1.61. The number of hydrogen-bond donors (Lipinski definition) is 2. The molecule has 0 amide bonds. The number of ether oxygens (including phenoxy) is 1. The number of nitrogens with zero attached hydrogens (tertiary/aromatic N) is 1. The van der Waals surface area contributed by atoms with E-state index in [2.05, 4.69) is 10.2 Å². The highest BCUT2D eigenvalue weighted by atomic mass is 16.6. The van der Waals surface area contributed by atoms with Crippen molar-refractivity contribution in [2.45, 2.75) is 25.3 Å². The van der Waals surface area contributed by atoms with Crippen LogP contribution in [0, 0.1) is 0 Å². The standard InChI is InChI=1S/C8H16N2O2/c11-8-10(5-6-12-8)7-1-3-9-4-2-7/h7-9,11H,1-6H2. The maximum Gasteiger partial charge on any atom is 0.216 e. The van der Waals surface area contributed by atoms with Gasteiger partial charge in [0.2, 0.25) is 6.41 Å². The van der Waals surface area contributed by atoms with E-state index in [9.17, 15) is 5.11 Å². The second-order valence-electron chi connectivity index (χ2n) is 3.42. The number of hydrogen-bond acceptors (Lipinski definition) is 4. The summed E-state index contributed by atoms with van der Waals surface area (Å²) >= 11 is 0. The lowest BCUT2D eigenvalue weighted by molar-refractivity contribution is -0.147. The zero-order chi connectivity index (χ0) is 8.39. The topological polar surface area (TPSA) is 44.7 Å². The van der Waals surface area contributed by atoms with Crippen molar-refractivity contribution < 1.29 is 9.84 Å². The van der Waals surface area contributed by atoms with Crippen LogP contribution in [0.15, 0.2) is 0 Å². The minimum atomic E-state index is -0.645. The van der Waals surface area contributed by atoms with Gasteiger partial charge in [-0.25, -0.2) is 4.90 Å². The van der Waals surface area contributed by atoms with Crippen molar-refractivity contribution in [1.82, 2.24) is 10.2 Å². The normalized spacial score (nSPS) is 34.2. The molecular formula is C8H16N2O2. The first kappa shape index (κ1) is 8.44. The maximum atomic E-state index is 9.42. The van der Waals surface area contributed by atoms with E-state index in [1.807, 2.05) is 0 Å². The molecule has 1 unspecified atom stereocenters. The average molecular weight is 172 g/mol. The summed E-state index contributed by atoms with van der Waals surface area (Å²) in [7, 11) is 0. The lowest BCUT2D eigenvalue weighted by atomic mass is 10.1. The van der Waals surface area contributed by atoms with Crippen molar-refractivity contribution in [1.29, 1.82) is 0 Å². The van der Waals surface area contributed by atoms with Gasteiger partial charge in [-0.1, -0.05) is 0 Å². The van der Waals surface area contributed by atoms with Crippen LogP contribution < -0.4 is 5.32 Å². The Morgan fingerprint density at radius 3 is 2.67 bits per heavy atom. The average Bonchev–Trinajstić information content (AvgIpc) is 2.53. The van der Waals surface area contributed by atoms with Crippen LogP contribution >= 0.6 is 0 Å². The quantitative estimate of drug-likeness (QED) is 0.551. The van der Waals surface area contributed by atoms with E-state index >= 15 is 0 Å². The molecule has 0 spiro atoms. The smallest absolute Gasteiger partial charge is 0.216 e. The Hall–Kier alpha value is -0.160. The Kier molecular flexibility index (Phi) is 2.60. The van der Waals surface area contributed by atoms with E-state index in [0.29, 0.717) is 12.6 Å². The largest absolute Gasteiger partial charge is 0.356 e. The number of piperidine rings is 1. The lowest BCUT2D eigenvalue weighted by Gasteiger charge is -2.32. The van der Waals surface area contributed by atoms with Crippen LogP contribution in [0.4, 0.5) is 0 Å². The van der Waals surface area contributed by atoms with Crippen LogP contribution in [0.2, 0.25) is 0 Å². The van der Waals surface area contributed by atoms with E-state index in [1.54, 1.807) is 0 Å². The molecule has 2 heterocycles. The summed E-state index contributed by atoms with van der Waals surface area (Å²) in [6.45, 7) is 3.68. The Balaban J connectivity index is 1.89. The lowest BCUT2D eigenvalue weighted by Crippen LogP contribution is -2.45. The van der Waals surface area contributed by atoms with E-state index < -0.39 is 6.41 Å². The van der Waals surface area contributed by atoms with Crippen molar-refractivity contribution >= 4 is 0 Å². The van der Waals surface area contributed by atoms with Crippen LogP contribution in [0.3, 0.4) is 0 Å². The van der Waals surface area contributed by atoms with Gasteiger partial charge in [-0.3, -0.25) is 0 Å². The molecule has 4 nitrogen and oxygen atoms in total. The minimum Gasteiger partial charge on any atom is -0.356 e. The van der Waals surface area contributed by atoms with Crippen molar-refractivity contribution in [3.63, 3.8) is 0 Å². The molecule has 12 heavy (non-hydrogen) atoms. The molecule has 2 N–H and O–H groups in total. The van der Waals surface area contributed by atoms with E-state index in [1.165, 1.54) is 0 Å². The molecule has 0 aliphatic carbocycles. The maximum absolute atomic E-state index is 9.42. The van der Waals surface area contributed by atoms with Crippen molar-refractivity contribution in [2.24, 2.45) is 0 Å². The highest BCUT2D eigenvalue weighted by molar-refractivity contribution is 4.79. The van der Waals surface area contributed by atoms with Gasteiger partial charge in [0.1, 0.15) is 0 Å². The summed E-state index contributed by atoms with van der Waals surface area (Å²) in [4.78, 5) is 2.06. The van der Waals surface area contributed by atoms with Gasteiger partial charge in [0.25, 0.3) is 0 Å². The molecule has 2 rings (SSSR count). The summed E-state index contributed by atoms with van der Waals surface area (Å²) < 4.78 is 5.08. The fraction of sp³-hybridized carbons (Fsp3) is 1.00. The fourth-order valence-electron chi connectivity index (χ4n) is 1.97. The predicted octanol–water partition coefficient (Wildman–Crippen LogP) is -0.653. The summed E-state index contributed by atoms with van der Waals surface area (Å²) in [6, 6.07) is 0.517. The van der Waals surface area contributed by atoms with Crippen molar-refractivity contribution in [3.8, 4) is 0 Å². The Labute approximate surface area is 72.5 Å². The Morgan fingerprint density at radius 2 is 2.08 bits per heavy atom. The van der Waals surface area contributed by atoms with Gasteiger partial charge in [0.15, 0.2) is 0 Å².